The maximum Gasteiger partial charge on any atom is 0.333 e. The average Bonchev–Trinajstić information content (AvgIpc) is 2.93. The second kappa shape index (κ2) is 14.1. The molecule has 2 heterocycles. The molecular formula is C30H38FN5O5. The zero-order valence-corrected chi connectivity index (χ0v) is 23.4. The Bertz CT molecular complexity index is 1230. The molecule has 0 spiro atoms. The van der Waals surface area contributed by atoms with Crippen LogP contribution >= 0.6 is 0 Å². The van der Waals surface area contributed by atoms with Crippen molar-refractivity contribution < 1.29 is 28.7 Å². The van der Waals surface area contributed by atoms with Gasteiger partial charge in [0, 0.05) is 19.6 Å². The number of halogens is 1. The van der Waals surface area contributed by atoms with Gasteiger partial charge in [-0.3, -0.25) is 14.4 Å². The van der Waals surface area contributed by atoms with Gasteiger partial charge in [-0.15, -0.1) is 0 Å². The highest BCUT2D eigenvalue weighted by Crippen LogP contribution is 2.29. The van der Waals surface area contributed by atoms with E-state index in [4.69, 9.17) is 0 Å². The number of nitrogens with one attached hydrogen (secondary N) is 1. The molecule has 0 bridgehead atoms. The first-order chi connectivity index (χ1) is 19.8. The lowest BCUT2D eigenvalue weighted by molar-refractivity contribution is -0.193. The number of nitrogens with zero attached hydrogens (tertiary/aromatic N) is 4. The van der Waals surface area contributed by atoms with Crippen LogP contribution in [0.25, 0.3) is 0 Å². The molecule has 2 fully saturated rings. The number of carboxylic acids is 1. The first-order valence-electron chi connectivity index (χ1n) is 14.2. The van der Waals surface area contributed by atoms with Crippen LogP contribution in [-0.2, 0) is 27.3 Å². The van der Waals surface area contributed by atoms with Crippen LogP contribution in [0.5, 0.6) is 0 Å². The number of carbonyl (C=O) groups is 4. The summed E-state index contributed by atoms with van der Waals surface area (Å²) in [6.45, 7) is 2.67. The number of aryl methyl sites for hydroxylation is 1. The number of urea groups is 1. The third kappa shape index (κ3) is 7.60. The second-order valence-electron chi connectivity index (χ2n) is 10.5. The average molecular weight is 568 g/mol. The lowest BCUT2D eigenvalue weighted by atomic mass is 10.0. The zero-order chi connectivity index (χ0) is 29.4. The van der Waals surface area contributed by atoms with Crippen LogP contribution < -0.4 is 5.32 Å². The maximum absolute atomic E-state index is 14.0. The number of piperazine rings is 1. The third-order valence-corrected chi connectivity index (χ3v) is 7.45. The van der Waals surface area contributed by atoms with Gasteiger partial charge in [0.15, 0.2) is 0 Å². The fourth-order valence-electron chi connectivity index (χ4n) is 5.47. The summed E-state index contributed by atoms with van der Waals surface area (Å²) in [5.41, 5.74) is 1.76. The third-order valence-electron chi connectivity index (χ3n) is 7.45. The molecule has 2 aromatic carbocycles. The fraction of sp³-hybridized carbons (Fsp3) is 0.467. The highest BCUT2D eigenvalue weighted by Gasteiger charge is 2.51. The van der Waals surface area contributed by atoms with Crippen LogP contribution in [0, 0.1) is 5.82 Å². The lowest BCUT2D eigenvalue weighted by Gasteiger charge is -2.55. The number of rotatable bonds is 12. The number of carboxylic acid groups (broad SMARTS) is 1. The Labute approximate surface area is 239 Å². The van der Waals surface area contributed by atoms with Crippen molar-refractivity contribution in [1.29, 1.82) is 0 Å². The van der Waals surface area contributed by atoms with Crippen molar-refractivity contribution in [2.24, 2.45) is 0 Å². The van der Waals surface area contributed by atoms with Crippen molar-refractivity contribution in [1.82, 2.24) is 25.1 Å². The van der Waals surface area contributed by atoms with Gasteiger partial charge in [0.05, 0.1) is 19.5 Å². The van der Waals surface area contributed by atoms with Gasteiger partial charge in [-0.25, -0.2) is 19.2 Å². The smallest absolute Gasteiger partial charge is 0.333 e. The Hall–Kier alpha value is -3.99. The van der Waals surface area contributed by atoms with Gasteiger partial charge >= 0.3 is 12.0 Å². The largest absolute Gasteiger partial charge is 0.481 e. The number of carbonyl (C=O) groups excluding carboxylic acids is 3. The summed E-state index contributed by atoms with van der Waals surface area (Å²) < 4.78 is 14.0. The molecule has 0 saturated carbocycles. The Balaban J connectivity index is 1.59. The first kappa shape index (κ1) is 30.0. The molecule has 2 atom stereocenters. The summed E-state index contributed by atoms with van der Waals surface area (Å²) >= 11 is 0. The number of unbranched alkanes of at least 4 members (excludes halogenated alkanes) is 2. The van der Waals surface area contributed by atoms with Crippen LogP contribution in [0.1, 0.15) is 50.2 Å². The topological polar surface area (TPSA) is 113 Å². The molecule has 0 aromatic heterocycles. The van der Waals surface area contributed by atoms with Gasteiger partial charge in [0.2, 0.25) is 11.8 Å². The van der Waals surface area contributed by atoms with Crippen LogP contribution in [-0.4, -0.2) is 87.1 Å². The van der Waals surface area contributed by atoms with Crippen molar-refractivity contribution in [3.8, 4) is 0 Å². The maximum atomic E-state index is 14.0. The molecule has 2 aromatic rings. The first-order valence-corrected chi connectivity index (χ1v) is 14.2. The molecule has 0 aliphatic carbocycles. The molecule has 220 valence electrons. The summed E-state index contributed by atoms with van der Waals surface area (Å²) in [5.74, 6) is -2.52. The Morgan fingerprint density at radius 2 is 1.78 bits per heavy atom. The van der Waals surface area contributed by atoms with Gasteiger partial charge in [-0.1, -0.05) is 55.8 Å². The Kier molecular flexibility index (Phi) is 10.3. The van der Waals surface area contributed by atoms with E-state index < -0.39 is 48.3 Å². The molecule has 2 aliphatic rings. The minimum atomic E-state index is -1.23. The quantitative estimate of drug-likeness (QED) is 0.381. The molecular weight excluding hydrogens is 529 g/mol. The Morgan fingerprint density at radius 1 is 1.02 bits per heavy atom. The SMILES string of the molecule is CCCCNC(=O)N1C2CN(CCCCc3ccccc3)C(=O)C(CC(=O)O)N2C(=O)CN1Cc1cccc(F)c1. The molecule has 4 amide bonds. The van der Waals surface area contributed by atoms with E-state index in [-0.39, 0.29) is 19.6 Å². The summed E-state index contributed by atoms with van der Waals surface area (Å²) in [6, 6.07) is 14.3. The molecule has 2 aliphatic heterocycles. The lowest BCUT2D eigenvalue weighted by Crippen LogP contribution is -2.76. The summed E-state index contributed by atoms with van der Waals surface area (Å²) in [5, 5.41) is 15.5. The van der Waals surface area contributed by atoms with Gasteiger partial charge in [-0.05, 0) is 48.9 Å². The van der Waals surface area contributed by atoms with E-state index in [1.165, 1.54) is 27.6 Å². The predicted octanol–water partition coefficient (Wildman–Crippen LogP) is 3.23. The Morgan fingerprint density at radius 3 is 2.49 bits per heavy atom. The summed E-state index contributed by atoms with van der Waals surface area (Å²) in [4.78, 5) is 55.2. The van der Waals surface area contributed by atoms with Crippen molar-refractivity contribution in [2.45, 2.75) is 64.2 Å². The molecule has 2 N–H and O–H groups in total. The molecule has 4 rings (SSSR count). The summed E-state index contributed by atoms with van der Waals surface area (Å²) in [7, 11) is 0. The number of amides is 4. The van der Waals surface area contributed by atoms with E-state index in [1.54, 1.807) is 22.0 Å². The van der Waals surface area contributed by atoms with Crippen LogP contribution in [0.4, 0.5) is 9.18 Å². The van der Waals surface area contributed by atoms with E-state index in [0.29, 0.717) is 25.1 Å². The van der Waals surface area contributed by atoms with E-state index in [1.807, 2.05) is 37.3 Å². The molecule has 11 heteroatoms. The number of benzene rings is 2. The predicted molar refractivity (Wildman–Crippen MR) is 150 cm³/mol. The van der Waals surface area contributed by atoms with Crippen molar-refractivity contribution in [3.05, 3.63) is 71.5 Å². The number of aliphatic carboxylic acids is 1. The van der Waals surface area contributed by atoms with Gasteiger partial charge in [-0.2, -0.15) is 0 Å². The van der Waals surface area contributed by atoms with Gasteiger partial charge < -0.3 is 20.2 Å². The van der Waals surface area contributed by atoms with E-state index in [0.717, 1.165) is 25.7 Å². The van der Waals surface area contributed by atoms with Crippen molar-refractivity contribution in [3.63, 3.8) is 0 Å². The van der Waals surface area contributed by atoms with Crippen LogP contribution in [0.2, 0.25) is 0 Å². The molecule has 2 unspecified atom stereocenters. The normalized spacial score (nSPS) is 19.3. The van der Waals surface area contributed by atoms with Gasteiger partial charge in [0.25, 0.3) is 0 Å². The van der Waals surface area contributed by atoms with Crippen LogP contribution in [0.15, 0.2) is 54.6 Å². The standard InChI is InChI=1S/C30H38FN5O5/c1-2-3-15-32-30(41)36-26-20-33(16-8-7-12-22-10-5-4-6-11-22)29(40)25(18-28(38)39)35(26)27(37)21-34(36)19-23-13-9-14-24(31)17-23/h4-6,9-11,13-14,17,25-26H,2-3,7-8,12,15-16,18-21H2,1H3,(H,32,41)(H,38,39). The number of hydrazine groups is 1. The monoisotopic (exact) mass is 567 g/mol. The highest BCUT2D eigenvalue weighted by molar-refractivity contribution is 5.93. The number of hydrogen-bond acceptors (Lipinski definition) is 5. The van der Waals surface area contributed by atoms with E-state index >= 15 is 0 Å². The highest BCUT2D eigenvalue weighted by atomic mass is 19.1. The number of hydrogen-bond donors (Lipinski definition) is 2. The van der Waals surface area contributed by atoms with Crippen LogP contribution in [0.3, 0.4) is 0 Å². The molecule has 2 saturated heterocycles. The van der Waals surface area contributed by atoms with E-state index in [2.05, 4.69) is 5.32 Å². The molecule has 10 nitrogen and oxygen atoms in total. The fourth-order valence-corrected chi connectivity index (χ4v) is 5.47. The van der Waals surface area contributed by atoms with Gasteiger partial charge in [0.1, 0.15) is 18.0 Å². The molecule has 0 radical (unpaired) electrons. The minimum absolute atomic E-state index is 0.0485. The molecule has 41 heavy (non-hydrogen) atoms. The second-order valence-corrected chi connectivity index (χ2v) is 10.5. The summed E-state index contributed by atoms with van der Waals surface area (Å²) in [6.07, 6.45) is 2.49. The number of fused-ring (bicyclic) bond motifs is 1. The van der Waals surface area contributed by atoms with Crippen molar-refractivity contribution in [2.75, 3.05) is 26.2 Å². The minimum Gasteiger partial charge on any atom is -0.481 e. The van der Waals surface area contributed by atoms with E-state index in [9.17, 15) is 28.7 Å². The van der Waals surface area contributed by atoms with Crippen molar-refractivity contribution >= 4 is 23.8 Å². The zero-order valence-electron chi connectivity index (χ0n) is 23.4.